The Kier molecular flexibility index (Phi) is 4.40. The number of nitrogens with zero attached hydrogens (tertiary/aromatic N) is 3. The minimum atomic E-state index is -0.446. The van der Waals surface area contributed by atoms with E-state index in [2.05, 4.69) is 31.6 Å². The van der Waals surface area contributed by atoms with Crippen LogP contribution in [-0.4, -0.2) is 20.9 Å². The summed E-state index contributed by atoms with van der Waals surface area (Å²) in [5.74, 6) is -0.797. The fraction of sp³-hybridized carbons (Fsp3) is 0. The molecule has 2 aromatic carbocycles. The molecule has 0 aliphatic carbocycles. The first-order chi connectivity index (χ1) is 11.0. The van der Waals surface area contributed by atoms with Gasteiger partial charge in [0.25, 0.3) is 5.91 Å². The van der Waals surface area contributed by atoms with E-state index >= 15 is 0 Å². The lowest BCUT2D eigenvalue weighted by Crippen LogP contribution is -2.12. The Hall–Kier alpha value is -2.25. The standard InChI is InChI=1S/C15H9BrClFN4O/c16-9-1-6-12(17)13(7-9)19-15(23)14-8-22(21-20-14)11-4-2-10(18)3-5-11/h1-8H,(H,19,23). The lowest BCUT2D eigenvalue weighted by Gasteiger charge is -2.05. The van der Waals surface area contributed by atoms with Crippen molar-refractivity contribution in [1.29, 1.82) is 0 Å². The second-order valence-corrected chi connectivity index (χ2v) is 5.93. The molecular weight excluding hydrogens is 387 g/mol. The highest BCUT2D eigenvalue weighted by Gasteiger charge is 2.13. The van der Waals surface area contributed by atoms with Crippen molar-refractivity contribution in [2.45, 2.75) is 0 Å². The number of carbonyl (C=O) groups excluding carboxylic acids is 1. The average molecular weight is 396 g/mol. The van der Waals surface area contributed by atoms with Gasteiger partial charge in [-0.1, -0.05) is 32.7 Å². The maximum Gasteiger partial charge on any atom is 0.277 e. The number of benzene rings is 2. The van der Waals surface area contributed by atoms with Crippen LogP contribution in [0.15, 0.2) is 53.1 Å². The fourth-order valence-corrected chi connectivity index (χ4v) is 2.39. The monoisotopic (exact) mass is 394 g/mol. The molecule has 5 nitrogen and oxygen atoms in total. The lowest BCUT2D eigenvalue weighted by molar-refractivity contribution is 0.102. The van der Waals surface area contributed by atoms with Gasteiger partial charge < -0.3 is 5.32 Å². The van der Waals surface area contributed by atoms with Gasteiger partial charge in [0.05, 0.1) is 22.6 Å². The van der Waals surface area contributed by atoms with E-state index in [1.54, 1.807) is 18.2 Å². The average Bonchev–Trinajstić information content (AvgIpc) is 3.02. The van der Waals surface area contributed by atoms with Crippen LogP contribution in [0.25, 0.3) is 5.69 Å². The summed E-state index contributed by atoms with van der Waals surface area (Å²) in [7, 11) is 0. The van der Waals surface area contributed by atoms with Crippen molar-refractivity contribution in [3.8, 4) is 5.69 Å². The first-order valence-electron chi connectivity index (χ1n) is 6.47. The van der Waals surface area contributed by atoms with Crippen molar-refractivity contribution in [2.24, 2.45) is 0 Å². The van der Waals surface area contributed by atoms with Gasteiger partial charge >= 0.3 is 0 Å². The molecule has 0 radical (unpaired) electrons. The van der Waals surface area contributed by atoms with E-state index in [9.17, 15) is 9.18 Å². The molecule has 1 N–H and O–H groups in total. The third kappa shape index (κ3) is 3.57. The number of halogens is 3. The van der Waals surface area contributed by atoms with Gasteiger partial charge in [0, 0.05) is 4.47 Å². The SMILES string of the molecule is O=C(Nc1cc(Br)ccc1Cl)c1cn(-c2ccc(F)cc2)nn1. The Bertz CT molecular complexity index is 866. The van der Waals surface area contributed by atoms with Gasteiger partial charge in [-0.25, -0.2) is 9.07 Å². The normalized spacial score (nSPS) is 10.6. The van der Waals surface area contributed by atoms with E-state index < -0.39 is 5.91 Å². The molecule has 3 rings (SSSR count). The highest BCUT2D eigenvalue weighted by Crippen LogP contribution is 2.26. The summed E-state index contributed by atoms with van der Waals surface area (Å²) in [4.78, 5) is 12.2. The number of carbonyl (C=O) groups is 1. The van der Waals surface area contributed by atoms with E-state index in [1.807, 2.05) is 0 Å². The molecule has 0 spiro atoms. The topological polar surface area (TPSA) is 59.8 Å². The molecule has 0 aliphatic rings. The van der Waals surface area contributed by atoms with Crippen LogP contribution in [0.3, 0.4) is 0 Å². The summed E-state index contributed by atoms with van der Waals surface area (Å²) in [6.07, 6.45) is 1.45. The summed E-state index contributed by atoms with van der Waals surface area (Å²) < 4.78 is 15.1. The lowest BCUT2D eigenvalue weighted by atomic mass is 10.3. The molecule has 0 bridgehead atoms. The van der Waals surface area contributed by atoms with E-state index in [0.717, 1.165) is 4.47 Å². The molecular formula is C15H9BrClFN4O. The predicted octanol–water partition coefficient (Wildman–Crippen LogP) is 4.07. The van der Waals surface area contributed by atoms with Crippen LogP contribution < -0.4 is 5.32 Å². The van der Waals surface area contributed by atoms with Crippen molar-refractivity contribution in [3.63, 3.8) is 0 Å². The quantitative estimate of drug-likeness (QED) is 0.727. The molecule has 0 saturated heterocycles. The molecule has 1 amide bonds. The van der Waals surface area contributed by atoms with Crippen molar-refractivity contribution < 1.29 is 9.18 Å². The van der Waals surface area contributed by atoms with Crippen LogP contribution >= 0.6 is 27.5 Å². The molecule has 0 unspecified atom stereocenters. The Morgan fingerprint density at radius 3 is 2.70 bits per heavy atom. The number of aromatic nitrogens is 3. The zero-order chi connectivity index (χ0) is 16.4. The Morgan fingerprint density at radius 2 is 1.96 bits per heavy atom. The molecule has 8 heteroatoms. The maximum absolute atomic E-state index is 12.9. The third-order valence-electron chi connectivity index (χ3n) is 2.99. The van der Waals surface area contributed by atoms with Gasteiger partial charge in [0.15, 0.2) is 5.69 Å². The highest BCUT2D eigenvalue weighted by molar-refractivity contribution is 9.10. The van der Waals surface area contributed by atoms with Crippen molar-refractivity contribution in [3.05, 3.63) is 69.7 Å². The molecule has 116 valence electrons. The van der Waals surface area contributed by atoms with Gasteiger partial charge in [-0.05, 0) is 42.5 Å². The number of hydrogen-bond acceptors (Lipinski definition) is 3. The maximum atomic E-state index is 12.9. The molecule has 0 saturated carbocycles. The Balaban J connectivity index is 1.81. The Morgan fingerprint density at radius 1 is 1.22 bits per heavy atom. The van der Waals surface area contributed by atoms with Crippen LogP contribution in [0.4, 0.5) is 10.1 Å². The number of amides is 1. The van der Waals surface area contributed by atoms with Crippen LogP contribution in [0, 0.1) is 5.82 Å². The first-order valence-corrected chi connectivity index (χ1v) is 7.65. The minimum Gasteiger partial charge on any atom is -0.319 e. The zero-order valence-electron chi connectivity index (χ0n) is 11.5. The smallest absolute Gasteiger partial charge is 0.277 e. The van der Waals surface area contributed by atoms with Gasteiger partial charge in [-0.2, -0.15) is 0 Å². The van der Waals surface area contributed by atoms with Crippen LogP contribution in [0.5, 0.6) is 0 Å². The molecule has 0 aliphatic heterocycles. The predicted molar refractivity (Wildman–Crippen MR) is 88.4 cm³/mol. The number of nitrogens with one attached hydrogen (secondary N) is 1. The summed E-state index contributed by atoms with van der Waals surface area (Å²) in [5.41, 5.74) is 1.17. The molecule has 0 atom stereocenters. The van der Waals surface area contributed by atoms with Gasteiger partial charge in [0.2, 0.25) is 0 Å². The van der Waals surface area contributed by atoms with Crippen LogP contribution in [0.2, 0.25) is 5.02 Å². The summed E-state index contributed by atoms with van der Waals surface area (Å²) in [6.45, 7) is 0. The van der Waals surface area contributed by atoms with E-state index in [-0.39, 0.29) is 11.5 Å². The van der Waals surface area contributed by atoms with Crippen molar-refractivity contribution >= 4 is 39.1 Å². The second-order valence-electron chi connectivity index (χ2n) is 4.60. The van der Waals surface area contributed by atoms with Crippen LogP contribution in [0.1, 0.15) is 10.5 Å². The summed E-state index contributed by atoms with van der Waals surface area (Å²) >= 11 is 9.34. The molecule has 3 aromatic rings. The van der Waals surface area contributed by atoms with E-state index in [0.29, 0.717) is 16.4 Å². The first kappa shape index (κ1) is 15.6. The zero-order valence-corrected chi connectivity index (χ0v) is 13.8. The van der Waals surface area contributed by atoms with Gasteiger partial charge in [0.1, 0.15) is 5.82 Å². The molecule has 1 aromatic heterocycles. The highest BCUT2D eigenvalue weighted by atomic mass is 79.9. The van der Waals surface area contributed by atoms with Gasteiger partial charge in [-0.3, -0.25) is 4.79 Å². The number of anilines is 1. The van der Waals surface area contributed by atoms with Crippen molar-refractivity contribution in [1.82, 2.24) is 15.0 Å². The van der Waals surface area contributed by atoms with E-state index in [4.69, 9.17) is 11.6 Å². The van der Waals surface area contributed by atoms with Crippen molar-refractivity contribution in [2.75, 3.05) is 5.32 Å². The molecule has 1 heterocycles. The number of rotatable bonds is 3. The number of hydrogen-bond donors (Lipinski definition) is 1. The Labute approximate surface area is 144 Å². The minimum absolute atomic E-state index is 0.116. The third-order valence-corrected chi connectivity index (χ3v) is 3.82. The summed E-state index contributed by atoms with van der Waals surface area (Å²) in [5, 5.41) is 10.7. The van der Waals surface area contributed by atoms with Gasteiger partial charge in [-0.15, -0.1) is 5.10 Å². The van der Waals surface area contributed by atoms with Crippen LogP contribution in [-0.2, 0) is 0 Å². The molecule has 23 heavy (non-hydrogen) atoms. The molecule has 0 fully saturated rings. The summed E-state index contributed by atoms with van der Waals surface area (Å²) in [6, 6.07) is 10.8. The largest absolute Gasteiger partial charge is 0.319 e. The second kappa shape index (κ2) is 6.47. The fourth-order valence-electron chi connectivity index (χ4n) is 1.87. The van der Waals surface area contributed by atoms with E-state index in [1.165, 1.54) is 35.1 Å².